The molecule has 0 saturated heterocycles. The van der Waals surface area contributed by atoms with Gasteiger partial charge in [0.1, 0.15) is 0 Å². The molecule has 0 unspecified atom stereocenters. The van der Waals surface area contributed by atoms with Gasteiger partial charge < -0.3 is 16.0 Å². The number of fused-ring (bicyclic) bond motifs is 1. The van der Waals surface area contributed by atoms with E-state index in [1.807, 2.05) is 0 Å². The van der Waals surface area contributed by atoms with E-state index in [1.165, 1.54) is 23.2 Å². The maximum atomic E-state index is 5.86. The van der Waals surface area contributed by atoms with E-state index in [0.717, 1.165) is 19.5 Å². The summed E-state index contributed by atoms with van der Waals surface area (Å²) in [5.74, 6) is 1.11. The van der Waals surface area contributed by atoms with Crippen LogP contribution in [-0.2, 0) is 13.0 Å². The van der Waals surface area contributed by atoms with Crippen LogP contribution in [0.5, 0.6) is 0 Å². The van der Waals surface area contributed by atoms with Gasteiger partial charge >= 0.3 is 0 Å². The quantitative estimate of drug-likeness (QED) is 0.463. The molecule has 0 aliphatic carbocycles. The average molecular weight is 402 g/mol. The molecule has 0 saturated carbocycles. The van der Waals surface area contributed by atoms with Crippen LogP contribution >= 0.6 is 24.0 Å². The van der Waals surface area contributed by atoms with Crippen molar-refractivity contribution < 1.29 is 0 Å². The van der Waals surface area contributed by atoms with E-state index in [-0.39, 0.29) is 24.0 Å². The van der Waals surface area contributed by atoms with Crippen LogP contribution in [0, 0.1) is 5.92 Å². The van der Waals surface area contributed by atoms with Crippen LogP contribution < -0.4 is 16.0 Å². The first-order valence-electron chi connectivity index (χ1n) is 7.43. The van der Waals surface area contributed by atoms with Crippen LogP contribution in [0.1, 0.15) is 31.4 Å². The summed E-state index contributed by atoms with van der Waals surface area (Å²) in [6, 6.07) is 6.63. The fourth-order valence-electron chi connectivity index (χ4n) is 2.48. The van der Waals surface area contributed by atoms with Crippen molar-refractivity contribution in [3.63, 3.8) is 0 Å². The Morgan fingerprint density at radius 1 is 1.43 bits per heavy atom. The summed E-state index contributed by atoms with van der Waals surface area (Å²) in [5.41, 5.74) is 9.88. The van der Waals surface area contributed by atoms with Crippen LogP contribution in [-0.4, -0.2) is 26.1 Å². The molecule has 118 valence electrons. The van der Waals surface area contributed by atoms with Crippen LogP contribution in [0.15, 0.2) is 23.2 Å². The number of aryl methyl sites for hydroxylation is 1. The smallest absolute Gasteiger partial charge is 0.188 e. The van der Waals surface area contributed by atoms with E-state index in [1.54, 1.807) is 0 Å². The maximum absolute atomic E-state index is 5.86. The van der Waals surface area contributed by atoms with Crippen LogP contribution in [0.25, 0.3) is 0 Å². The second-order valence-electron chi connectivity index (χ2n) is 5.96. The van der Waals surface area contributed by atoms with Crippen molar-refractivity contribution in [1.29, 1.82) is 0 Å². The van der Waals surface area contributed by atoms with Crippen molar-refractivity contribution in [2.24, 2.45) is 16.6 Å². The van der Waals surface area contributed by atoms with Gasteiger partial charge in [0, 0.05) is 25.8 Å². The van der Waals surface area contributed by atoms with Gasteiger partial charge in [0.15, 0.2) is 5.96 Å². The topological polar surface area (TPSA) is 53.6 Å². The minimum absolute atomic E-state index is 0. The molecule has 0 aromatic heterocycles. The highest BCUT2D eigenvalue weighted by Crippen LogP contribution is 2.26. The van der Waals surface area contributed by atoms with Gasteiger partial charge in [-0.05, 0) is 36.0 Å². The molecule has 21 heavy (non-hydrogen) atoms. The third-order valence-electron chi connectivity index (χ3n) is 3.62. The third kappa shape index (κ3) is 5.37. The van der Waals surface area contributed by atoms with Gasteiger partial charge in [0.2, 0.25) is 0 Å². The molecule has 3 N–H and O–H groups in total. The lowest BCUT2D eigenvalue weighted by molar-refractivity contribution is 0.622. The van der Waals surface area contributed by atoms with E-state index >= 15 is 0 Å². The van der Waals surface area contributed by atoms with Crippen molar-refractivity contribution >= 4 is 35.6 Å². The molecule has 5 heteroatoms. The van der Waals surface area contributed by atoms with Gasteiger partial charge in [-0.3, -0.25) is 0 Å². The Labute approximate surface area is 145 Å². The van der Waals surface area contributed by atoms with Crippen molar-refractivity contribution in [1.82, 2.24) is 5.32 Å². The van der Waals surface area contributed by atoms with Gasteiger partial charge in [-0.25, -0.2) is 4.99 Å². The predicted molar refractivity (Wildman–Crippen MR) is 102 cm³/mol. The first-order valence-corrected chi connectivity index (χ1v) is 7.43. The second-order valence-corrected chi connectivity index (χ2v) is 5.96. The van der Waals surface area contributed by atoms with Crippen LogP contribution in [0.2, 0.25) is 0 Å². The fraction of sp³-hybridized carbons (Fsp3) is 0.562. The largest absolute Gasteiger partial charge is 0.374 e. The lowest BCUT2D eigenvalue weighted by Gasteiger charge is -2.27. The Hall–Kier alpha value is -0.980. The van der Waals surface area contributed by atoms with Gasteiger partial charge in [0.25, 0.3) is 0 Å². The number of nitrogens with one attached hydrogen (secondary N) is 1. The van der Waals surface area contributed by atoms with E-state index < -0.39 is 0 Å². The van der Waals surface area contributed by atoms with Gasteiger partial charge in [0.05, 0.1) is 6.54 Å². The number of nitrogens with two attached hydrogens (primary N) is 1. The van der Waals surface area contributed by atoms with Crippen LogP contribution in [0.3, 0.4) is 0 Å². The number of rotatable bonds is 4. The zero-order valence-corrected chi connectivity index (χ0v) is 15.6. The van der Waals surface area contributed by atoms with Crippen molar-refractivity contribution in [2.75, 3.05) is 25.0 Å². The molecule has 0 spiro atoms. The first-order chi connectivity index (χ1) is 9.56. The van der Waals surface area contributed by atoms with E-state index in [4.69, 9.17) is 5.73 Å². The summed E-state index contributed by atoms with van der Waals surface area (Å²) in [7, 11) is 2.16. The fourth-order valence-corrected chi connectivity index (χ4v) is 2.48. The monoisotopic (exact) mass is 402 g/mol. The molecule has 0 radical (unpaired) electrons. The van der Waals surface area contributed by atoms with E-state index in [0.29, 0.717) is 18.4 Å². The number of nitrogens with zero attached hydrogens (tertiary/aromatic N) is 2. The first kappa shape index (κ1) is 18.1. The Kier molecular flexibility index (Phi) is 7.28. The number of aliphatic imine (C=N–C) groups is 1. The zero-order valence-electron chi connectivity index (χ0n) is 13.2. The Morgan fingerprint density at radius 2 is 2.19 bits per heavy atom. The van der Waals surface area contributed by atoms with Crippen molar-refractivity contribution in [2.45, 2.75) is 33.2 Å². The molecule has 0 atom stereocenters. The molecule has 0 bridgehead atoms. The number of anilines is 1. The number of hydrogen-bond acceptors (Lipinski definition) is 2. The summed E-state index contributed by atoms with van der Waals surface area (Å²) < 4.78 is 0. The molecule has 2 rings (SSSR count). The molecular formula is C16H27IN4. The van der Waals surface area contributed by atoms with Gasteiger partial charge in [-0.2, -0.15) is 0 Å². The van der Waals surface area contributed by atoms with E-state index in [2.05, 4.69) is 54.3 Å². The predicted octanol–water partition coefficient (Wildman–Crippen LogP) is 2.75. The minimum Gasteiger partial charge on any atom is -0.374 e. The summed E-state index contributed by atoms with van der Waals surface area (Å²) in [6.07, 6.45) is 2.40. The van der Waals surface area contributed by atoms with Crippen LogP contribution in [0.4, 0.5) is 5.69 Å². The minimum atomic E-state index is 0. The van der Waals surface area contributed by atoms with Crippen molar-refractivity contribution in [3.8, 4) is 0 Å². The standard InChI is InChI=1S/C16H26N4.HI/c1-12(2)10-18-16(17)19-11-13-6-7-15-14(9-13)5-4-8-20(15)3;/h6-7,9,12H,4-5,8,10-11H2,1-3H3,(H3,17,18,19);1H. The zero-order chi connectivity index (χ0) is 14.5. The molecule has 0 fully saturated rings. The van der Waals surface area contributed by atoms with Gasteiger partial charge in [-0.1, -0.05) is 26.0 Å². The number of hydrogen-bond donors (Lipinski definition) is 2. The molecule has 0 amide bonds. The lowest BCUT2D eigenvalue weighted by atomic mass is 10.00. The molecule has 4 nitrogen and oxygen atoms in total. The Morgan fingerprint density at radius 3 is 2.90 bits per heavy atom. The lowest BCUT2D eigenvalue weighted by Crippen LogP contribution is -2.34. The number of halogens is 1. The summed E-state index contributed by atoms with van der Waals surface area (Å²) in [6.45, 7) is 6.97. The Bertz CT molecular complexity index is 485. The second kappa shape index (κ2) is 8.46. The molecule has 1 aromatic carbocycles. The Balaban J connectivity index is 0.00000220. The molecule has 1 heterocycles. The molecule has 1 aromatic rings. The highest BCUT2D eigenvalue weighted by Gasteiger charge is 2.13. The highest BCUT2D eigenvalue weighted by atomic mass is 127. The highest BCUT2D eigenvalue weighted by molar-refractivity contribution is 14.0. The van der Waals surface area contributed by atoms with Gasteiger partial charge in [-0.15, -0.1) is 24.0 Å². The summed E-state index contributed by atoms with van der Waals surface area (Å²) in [4.78, 5) is 6.73. The average Bonchev–Trinajstić information content (AvgIpc) is 2.43. The summed E-state index contributed by atoms with van der Waals surface area (Å²) >= 11 is 0. The maximum Gasteiger partial charge on any atom is 0.188 e. The van der Waals surface area contributed by atoms with E-state index in [9.17, 15) is 0 Å². The number of guanidine groups is 1. The SMILES string of the molecule is CC(C)CNC(N)=NCc1ccc2c(c1)CCCN2C.I. The molecule has 1 aliphatic rings. The number of benzene rings is 1. The molecular weight excluding hydrogens is 375 g/mol. The summed E-state index contributed by atoms with van der Waals surface area (Å²) in [5, 5.41) is 3.14. The third-order valence-corrected chi connectivity index (χ3v) is 3.62. The normalized spacial score (nSPS) is 14.7. The van der Waals surface area contributed by atoms with Crippen molar-refractivity contribution in [3.05, 3.63) is 29.3 Å². The molecule has 1 aliphatic heterocycles.